The average molecular weight is 353 g/mol. The van der Waals surface area contributed by atoms with Gasteiger partial charge in [-0.3, -0.25) is 10.1 Å². The van der Waals surface area contributed by atoms with Gasteiger partial charge in [0.25, 0.3) is 5.69 Å². The third kappa shape index (κ3) is 3.82. The van der Waals surface area contributed by atoms with Crippen molar-refractivity contribution in [3.8, 4) is 5.75 Å². The fraction of sp³-hybridized carbons (Fsp3) is 0.154. The van der Waals surface area contributed by atoms with Gasteiger partial charge in [-0.25, -0.2) is 4.98 Å². The molecule has 0 atom stereocenters. The standard InChI is InChI=1S/C13H13BrN4O3/c1-15-12-6-10(18(19)20)7-13(17-12)16-9-3-8(14)4-11(5-9)21-2/h3-7H,1-2H3,(H2,15,16,17). The summed E-state index contributed by atoms with van der Waals surface area (Å²) < 4.78 is 5.99. The Bertz CT molecular complexity index is 678. The predicted octanol–water partition coefficient (Wildman–Crippen LogP) is 3.55. The van der Waals surface area contributed by atoms with E-state index in [0.29, 0.717) is 23.1 Å². The molecule has 0 bridgehead atoms. The molecule has 0 saturated carbocycles. The van der Waals surface area contributed by atoms with Crippen LogP contribution in [0, 0.1) is 10.1 Å². The van der Waals surface area contributed by atoms with Crippen molar-refractivity contribution in [2.45, 2.75) is 0 Å². The maximum absolute atomic E-state index is 10.9. The summed E-state index contributed by atoms with van der Waals surface area (Å²) in [6.07, 6.45) is 0. The number of benzene rings is 1. The molecule has 110 valence electrons. The topological polar surface area (TPSA) is 89.3 Å². The molecule has 1 aromatic carbocycles. The molecule has 2 aromatic rings. The molecule has 0 aliphatic heterocycles. The summed E-state index contributed by atoms with van der Waals surface area (Å²) in [7, 11) is 3.22. The molecule has 0 fully saturated rings. The van der Waals surface area contributed by atoms with Gasteiger partial charge in [-0.05, 0) is 12.1 Å². The van der Waals surface area contributed by atoms with Gasteiger partial charge in [-0.2, -0.15) is 0 Å². The van der Waals surface area contributed by atoms with E-state index in [9.17, 15) is 10.1 Å². The predicted molar refractivity (Wildman–Crippen MR) is 84.4 cm³/mol. The second-order valence-corrected chi connectivity index (χ2v) is 5.02. The van der Waals surface area contributed by atoms with Crippen LogP contribution in [0.3, 0.4) is 0 Å². The smallest absolute Gasteiger partial charge is 0.276 e. The Morgan fingerprint density at radius 2 is 1.95 bits per heavy atom. The third-order valence-electron chi connectivity index (χ3n) is 2.66. The summed E-state index contributed by atoms with van der Waals surface area (Å²) in [4.78, 5) is 14.7. The Kier molecular flexibility index (Phi) is 4.59. The highest BCUT2D eigenvalue weighted by atomic mass is 79.9. The molecule has 1 aromatic heterocycles. The molecule has 0 radical (unpaired) electrons. The Morgan fingerprint density at radius 3 is 2.57 bits per heavy atom. The number of methoxy groups -OCH3 is 1. The van der Waals surface area contributed by atoms with Crippen LogP contribution in [0.1, 0.15) is 0 Å². The number of rotatable bonds is 5. The van der Waals surface area contributed by atoms with Crippen LogP contribution >= 0.6 is 15.9 Å². The first-order valence-electron chi connectivity index (χ1n) is 5.97. The molecule has 1 heterocycles. The fourth-order valence-electron chi connectivity index (χ4n) is 1.71. The Hall–Kier alpha value is -2.35. The first-order valence-corrected chi connectivity index (χ1v) is 6.77. The molecule has 0 saturated heterocycles. The molecule has 0 aliphatic rings. The zero-order valence-electron chi connectivity index (χ0n) is 11.4. The van der Waals surface area contributed by atoms with Gasteiger partial charge in [-0.1, -0.05) is 15.9 Å². The fourth-order valence-corrected chi connectivity index (χ4v) is 2.19. The van der Waals surface area contributed by atoms with E-state index in [1.807, 2.05) is 12.1 Å². The monoisotopic (exact) mass is 352 g/mol. The molecule has 0 spiro atoms. The van der Waals surface area contributed by atoms with Gasteiger partial charge in [0.05, 0.1) is 24.2 Å². The van der Waals surface area contributed by atoms with Crippen molar-refractivity contribution in [1.82, 2.24) is 4.98 Å². The number of nitrogens with one attached hydrogen (secondary N) is 2. The number of ether oxygens (including phenoxy) is 1. The van der Waals surface area contributed by atoms with E-state index in [1.165, 1.54) is 12.1 Å². The SMILES string of the molecule is CNc1cc([N+](=O)[O-])cc(Nc2cc(Br)cc(OC)c2)n1. The lowest BCUT2D eigenvalue weighted by Gasteiger charge is -2.09. The molecule has 21 heavy (non-hydrogen) atoms. The summed E-state index contributed by atoms with van der Waals surface area (Å²) in [6.45, 7) is 0. The Morgan fingerprint density at radius 1 is 1.24 bits per heavy atom. The molecular weight excluding hydrogens is 340 g/mol. The summed E-state index contributed by atoms with van der Waals surface area (Å²) in [6, 6.07) is 8.14. The van der Waals surface area contributed by atoms with Gasteiger partial charge in [0.2, 0.25) is 0 Å². The normalized spacial score (nSPS) is 10.0. The minimum absolute atomic E-state index is 0.0428. The van der Waals surface area contributed by atoms with Crippen LogP contribution in [-0.4, -0.2) is 24.1 Å². The van der Waals surface area contributed by atoms with Crippen molar-refractivity contribution in [3.63, 3.8) is 0 Å². The van der Waals surface area contributed by atoms with Crippen molar-refractivity contribution in [1.29, 1.82) is 0 Å². The number of aromatic nitrogens is 1. The average Bonchev–Trinajstić information content (AvgIpc) is 2.46. The lowest BCUT2D eigenvalue weighted by molar-refractivity contribution is -0.384. The first kappa shape index (κ1) is 15.0. The van der Waals surface area contributed by atoms with Crippen molar-refractivity contribution >= 4 is 38.9 Å². The van der Waals surface area contributed by atoms with Crippen LogP contribution in [0.4, 0.5) is 23.0 Å². The second kappa shape index (κ2) is 6.40. The quantitative estimate of drug-likeness (QED) is 0.631. The van der Waals surface area contributed by atoms with Crippen LogP contribution < -0.4 is 15.4 Å². The molecular formula is C13H13BrN4O3. The third-order valence-corrected chi connectivity index (χ3v) is 3.11. The molecule has 0 amide bonds. The lowest BCUT2D eigenvalue weighted by atomic mass is 10.3. The number of pyridine rings is 1. The minimum atomic E-state index is -0.463. The van der Waals surface area contributed by atoms with Crippen LogP contribution in [0.2, 0.25) is 0 Å². The highest BCUT2D eigenvalue weighted by molar-refractivity contribution is 9.10. The zero-order valence-corrected chi connectivity index (χ0v) is 13.0. The van der Waals surface area contributed by atoms with E-state index < -0.39 is 4.92 Å². The second-order valence-electron chi connectivity index (χ2n) is 4.11. The Labute approximate surface area is 129 Å². The molecule has 8 heteroatoms. The zero-order chi connectivity index (χ0) is 15.4. The Balaban J connectivity index is 2.36. The van der Waals surface area contributed by atoms with E-state index in [-0.39, 0.29) is 5.69 Å². The molecule has 0 aliphatic carbocycles. The van der Waals surface area contributed by atoms with E-state index >= 15 is 0 Å². The summed E-state index contributed by atoms with van der Waals surface area (Å²) >= 11 is 3.37. The van der Waals surface area contributed by atoms with Gasteiger partial charge in [0.1, 0.15) is 17.4 Å². The summed E-state index contributed by atoms with van der Waals surface area (Å²) in [5, 5.41) is 16.7. The minimum Gasteiger partial charge on any atom is -0.497 e. The molecule has 2 N–H and O–H groups in total. The number of nitro groups is 1. The lowest BCUT2D eigenvalue weighted by Crippen LogP contribution is -2.00. The van der Waals surface area contributed by atoms with Crippen LogP contribution in [0.5, 0.6) is 5.75 Å². The largest absolute Gasteiger partial charge is 0.497 e. The van der Waals surface area contributed by atoms with E-state index in [1.54, 1.807) is 20.2 Å². The van der Waals surface area contributed by atoms with Crippen LogP contribution in [0.15, 0.2) is 34.8 Å². The van der Waals surface area contributed by atoms with Gasteiger partial charge in [-0.15, -0.1) is 0 Å². The molecule has 0 unspecified atom stereocenters. The van der Waals surface area contributed by atoms with Gasteiger partial charge < -0.3 is 15.4 Å². The van der Waals surface area contributed by atoms with Crippen molar-refractivity contribution in [2.24, 2.45) is 0 Å². The maximum atomic E-state index is 10.9. The van der Waals surface area contributed by atoms with Crippen molar-refractivity contribution < 1.29 is 9.66 Å². The van der Waals surface area contributed by atoms with Crippen molar-refractivity contribution in [2.75, 3.05) is 24.8 Å². The van der Waals surface area contributed by atoms with Crippen LogP contribution in [-0.2, 0) is 0 Å². The summed E-state index contributed by atoms with van der Waals surface area (Å²) in [5.74, 6) is 1.44. The maximum Gasteiger partial charge on any atom is 0.276 e. The van der Waals surface area contributed by atoms with Crippen LogP contribution in [0.25, 0.3) is 0 Å². The van der Waals surface area contributed by atoms with Crippen molar-refractivity contribution in [3.05, 3.63) is 44.9 Å². The van der Waals surface area contributed by atoms with Gasteiger partial charge in [0, 0.05) is 23.3 Å². The van der Waals surface area contributed by atoms with E-state index in [2.05, 4.69) is 31.5 Å². The number of nitrogens with zero attached hydrogens (tertiary/aromatic N) is 2. The number of hydrogen-bond donors (Lipinski definition) is 2. The summed E-state index contributed by atoms with van der Waals surface area (Å²) in [5.41, 5.74) is 0.662. The molecule has 2 rings (SSSR count). The van der Waals surface area contributed by atoms with Gasteiger partial charge >= 0.3 is 0 Å². The number of halogens is 1. The van der Waals surface area contributed by atoms with E-state index in [0.717, 1.165) is 4.47 Å². The first-order chi connectivity index (χ1) is 10.0. The van der Waals surface area contributed by atoms with Gasteiger partial charge in [0.15, 0.2) is 0 Å². The van der Waals surface area contributed by atoms with E-state index in [4.69, 9.17) is 4.74 Å². The number of hydrogen-bond acceptors (Lipinski definition) is 6. The number of anilines is 3. The molecule has 7 nitrogen and oxygen atoms in total. The highest BCUT2D eigenvalue weighted by Gasteiger charge is 2.11. The highest BCUT2D eigenvalue weighted by Crippen LogP contribution is 2.28.